The number of fused-ring (bicyclic) bond motifs is 4. The lowest BCUT2D eigenvalue weighted by Crippen LogP contribution is -2.25. The Morgan fingerprint density at radius 3 is 3.06 bits per heavy atom. The monoisotopic (exact) mass is 234 g/mol. The molecule has 3 heterocycles. The summed E-state index contributed by atoms with van der Waals surface area (Å²) in [4.78, 5) is 4.36. The second kappa shape index (κ2) is 2.69. The minimum absolute atomic E-state index is 0.344. The van der Waals surface area contributed by atoms with E-state index in [0.29, 0.717) is 10.6 Å². The summed E-state index contributed by atoms with van der Waals surface area (Å²) in [6.07, 6.45) is 5.62. The van der Waals surface area contributed by atoms with Crippen molar-refractivity contribution in [3.05, 3.63) is 23.1 Å². The van der Waals surface area contributed by atoms with E-state index < -0.39 is 0 Å². The molecular formula is C11H11ClN4. The van der Waals surface area contributed by atoms with Crippen LogP contribution in [0, 0.1) is 0 Å². The molecule has 4 rings (SSSR count). The fraction of sp³-hybridized carbons (Fsp3) is 0.455. The van der Waals surface area contributed by atoms with Crippen molar-refractivity contribution in [1.82, 2.24) is 14.6 Å². The highest BCUT2D eigenvalue weighted by molar-refractivity contribution is 6.29. The van der Waals surface area contributed by atoms with E-state index >= 15 is 0 Å². The summed E-state index contributed by atoms with van der Waals surface area (Å²) in [7, 11) is 0. The first-order chi connectivity index (χ1) is 7.78. The molecule has 0 unspecified atom stereocenters. The molecule has 1 aliphatic heterocycles. The molecule has 1 saturated carbocycles. The lowest BCUT2D eigenvalue weighted by molar-refractivity contribution is 0.578. The molecule has 0 amide bonds. The van der Waals surface area contributed by atoms with Gasteiger partial charge < -0.3 is 5.32 Å². The molecular weight excluding hydrogens is 224 g/mol. The van der Waals surface area contributed by atoms with Crippen LogP contribution in [-0.4, -0.2) is 21.1 Å². The number of halogens is 1. The molecule has 0 atom stereocenters. The first kappa shape index (κ1) is 8.82. The number of anilines is 1. The first-order valence-corrected chi connectivity index (χ1v) is 5.95. The van der Waals surface area contributed by atoms with Gasteiger partial charge in [0.15, 0.2) is 10.8 Å². The van der Waals surface area contributed by atoms with Crippen LogP contribution in [0.2, 0.25) is 5.15 Å². The second-order valence-electron chi connectivity index (χ2n) is 4.71. The zero-order valence-corrected chi connectivity index (χ0v) is 9.46. The normalized spacial score (nSPS) is 20.8. The molecule has 4 nitrogen and oxygen atoms in total. The summed E-state index contributed by atoms with van der Waals surface area (Å²) in [5.41, 5.74) is 3.59. The second-order valence-corrected chi connectivity index (χ2v) is 5.10. The quantitative estimate of drug-likeness (QED) is 0.760. The van der Waals surface area contributed by atoms with Crippen LogP contribution in [-0.2, 0) is 5.41 Å². The van der Waals surface area contributed by atoms with Crippen LogP contribution in [0.5, 0.6) is 0 Å². The van der Waals surface area contributed by atoms with Crippen molar-refractivity contribution < 1.29 is 0 Å². The van der Waals surface area contributed by atoms with Crippen LogP contribution < -0.4 is 5.32 Å². The summed E-state index contributed by atoms with van der Waals surface area (Å²) < 4.78 is 1.91. The summed E-state index contributed by atoms with van der Waals surface area (Å²) in [5.74, 6) is 0. The summed E-state index contributed by atoms with van der Waals surface area (Å²) in [5, 5.41) is 8.25. The summed E-state index contributed by atoms with van der Waals surface area (Å²) >= 11 is 5.95. The van der Waals surface area contributed by atoms with Gasteiger partial charge in [-0.15, -0.1) is 0 Å². The SMILES string of the molecule is Clc1cc2ncc3c(n2n1)C1(CCN3)CC1. The van der Waals surface area contributed by atoms with Crippen LogP contribution in [0.25, 0.3) is 5.65 Å². The van der Waals surface area contributed by atoms with Crippen LogP contribution >= 0.6 is 11.6 Å². The Labute approximate surface area is 97.6 Å². The predicted molar refractivity (Wildman–Crippen MR) is 62.0 cm³/mol. The molecule has 5 heteroatoms. The highest BCUT2D eigenvalue weighted by atomic mass is 35.5. The average Bonchev–Trinajstić information content (AvgIpc) is 2.91. The van der Waals surface area contributed by atoms with Crippen molar-refractivity contribution in [3.63, 3.8) is 0 Å². The minimum Gasteiger partial charge on any atom is -0.382 e. The Morgan fingerprint density at radius 1 is 1.38 bits per heavy atom. The van der Waals surface area contributed by atoms with Gasteiger partial charge in [-0.3, -0.25) is 0 Å². The van der Waals surface area contributed by atoms with Crippen LogP contribution in [0.15, 0.2) is 12.3 Å². The standard InChI is InChI=1S/C11H11ClN4/c12-8-5-9-14-6-7-10(16(9)15-8)11(1-2-11)3-4-13-7/h5-6,13H,1-4H2. The van der Waals surface area contributed by atoms with Gasteiger partial charge in [0.1, 0.15) is 0 Å². The molecule has 0 saturated heterocycles. The Balaban J connectivity index is 2.10. The summed E-state index contributed by atoms with van der Waals surface area (Å²) in [6.45, 7) is 1.04. The molecule has 0 aromatic carbocycles. The van der Waals surface area contributed by atoms with Gasteiger partial charge >= 0.3 is 0 Å². The fourth-order valence-corrected chi connectivity index (χ4v) is 2.91. The molecule has 2 aromatic heterocycles. The van der Waals surface area contributed by atoms with Crippen molar-refractivity contribution >= 4 is 22.9 Å². The maximum absolute atomic E-state index is 5.95. The molecule has 2 aliphatic rings. The highest BCUT2D eigenvalue weighted by Gasteiger charge is 2.49. The zero-order valence-electron chi connectivity index (χ0n) is 8.70. The molecule has 82 valence electrons. The van der Waals surface area contributed by atoms with E-state index in [4.69, 9.17) is 11.6 Å². The molecule has 1 aliphatic carbocycles. The van der Waals surface area contributed by atoms with Crippen molar-refractivity contribution in [3.8, 4) is 0 Å². The van der Waals surface area contributed by atoms with Crippen LogP contribution in [0.3, 0.4) is 0 Å². The number of hydrogen-bond donors (Lipinski definition) is 1. The van der Waals surface area contributed by atoms with Gasteiger partial charge in [-0.25, -0.2) is 9.50 Å². The largest absolute Gasteiger partial charge is 0.382 e. The molecule has 0 bridgehead atoms. The van der Waals surface area contributed by atoms with E-state index in [-0.39, 0.29) is 0 Å². The lowest BCUT2D eigenvalue weighted by atomic mass is 9.93. The van der Waals surface area contributed by atoms with E-state index in [0.717, 1.165) is 17.9 Å². The number of nitrogens with zero attached hydrogens (tertiary/aromatic N) is 3. The zero-order chi connectivity index (χ0) is 10.8. The summed E-state index contributed by atoms with van der Waals surface area (Å²) in [6, 6.07) is 1.81. The van der Waals surface area contributed by atoms with Crippen molar-refractivity contribution in [2.24, 2.45) is 0 Å². The third-order valence-electron chi connectivity index (χ3n) is 3.73. The number of rotatable bonds is 0. The number of nitrogens with one attached hydrogen (secondary N) is 1. The fourth-order valence-electron chi connectivity index (χ4n) is 2.74. The van der Waals surface area contributed by atoms with Gasteiger partial charge in [0.25, 0.3) is 0 Å². The average molecular weight is 235 g/mol. The van der Waals surface area contributed by atoms with E-state index in [2.05, 4.69) is 15.4 Å². The molecule has 0 radical (unpaired) electrons. The Hall–Kier alpha value is -1.29. The predicted octanol–water partition coefficient (Wildman–Crippen LogP) is 2.23. The minimum atomic E-state index is 0.344. The van der Waals surface area contributed by atoms with Gasteiger partial charge in [-0.1, -0.05) is 11.6 Å². The number of aromatic nitrogens is 3. The highest BCUT2D eigenvalue weighted by Crippen LogP contribution is 2.54. The third-order valence-corrected chi connectivity index (χ3v) is 3.91. The molecule has 2 aromatic rings. The van der Waals surface area contributed by atoms with Crippen LogP contribution in [0.4, 0.5) is 5.69 Å². The molecule has 1 spiro atoms. The number of hydrogen-bond acceptors (Lipinski definition) is 3. The van der Waals surface area contributed by atoms with Crippen LogP contribution in [0.1, 0.15) is 25.0 Å². The third kappa shape index (κ3) is 1.00. The van der Waals surface area contributed by atoms with Gasteiger partial charge in [0, 0.05) is 18.0 Å². The molecule has 1 fully saturated rings. The van der Waals surface area contributed by atoms with Crippen molar-refractivity contribution in [2.75, 3.05) is 11.9 Å². The molecule has 1 N–H and O–H groups in total. The maximum atomic E-state index is 5.95. The Bertz CT molecular complexity index is 585. The maximum Gasteiger partial charge on any atom is 0.156 e. The van der Waals surface area contributed by atoms with Gasteiger partial charge in [0.05, 0.1) is 17.6 Å². The van der Waals surface area contributed by atoms with Gasteiger partial charge in [0.2, 0.25) is 0 Å². The van der Waals surface area contributed by atoms with E-state index in [1.807, 2.05) is 16.8 Å². The van der Waals surface area contributed by atoms with Gasteiger partial charge in [-0.05, 0) is 19.3 Å². The van der Waals surface area contributed by atoms with Crippen molar-refractivity contribution in [1.29, 1.82) is 0 Å². The molecule has 16 heavy (non-hydrogen) atoms. The Morgan fingerprint density at radius 2 is 2.25 bits per heavy atom. The topological polar surface area (TPSA) is 42.2 Å². The van der Waals surface area contributed by atoms with E-state index in [1.165, 1.54) is 25.0 Å². The smallest absolute Gasteiger partial charge is 0.156 e. The Kier molecular flexibility index (Phi) is 1.48. The lowest BCUT2D eigenvalue weighted by Gasteiger charge is -2.26. The van der Waals surface area contributed by atoms with E-state index in [9.17, 15) is 0 Å². The van der Waals surface area contributed by atoms with E-state index in [1.54, 1.807) is 0 Å². The van der Waals surface area contributed by atoms with Crippen molar-refractivity contribution in [2.45, 2.75) is 24.7 Å². The van der Waals surface area contributed by atoms with Gasteiger partial charge in [-0.2, -0.15) is 5.10 Å². The first-order valence-electron chi connectivity index (χ1n) is 5.57.